The van der Waals surface area contributed by atoms with Gasteiger partial charge in [-0.05, 0) is 43.0 Å². The van der Waals surface area contributed by atoms with E-state index in [0.717, 1.165) is 12.8 Å². The Hall–Kier alpha value is -1.84. The molecule has 1 aromatic carbocycles. The van der Waals surface area contributed by atoms with Crippen LogP contribution in [-0.4, -0.2) is 25.0 Å². The van der Waals surface area contributed by atoms with Crippen LogP contribution in [-0.2, 0) is 4.74 Å². The Bertz CT molecular complexity index is 481. The van der Waals surface area contributed by atoms with E-state index in [1.807, 2.05) is 0 Å². The standard InChI is InChI=1S/C16H21NO3/c1-11-4-3-5-14(10-11)17-15(18)12-6-8-13(9-7-12)16(19)20-2/h6-9,11,14H,3-5,10H2,1-2H3,(H,17,18). The second kappa shape index (κ2) is 6.55. The SMILES string of the molecule is COC(=O)c1ccc(C(=O)NC2CCCC(C)C2)cc1. The number of amides is 1. The van der Waals surface area contributed by atoms with E-state index in [4.69, 9.17) is 0 Å². The van der Waals surface area contributed by atoms with Crippen LogP contribution in [0.3, 0.4) is 0 Å². The molecule has 0 heterocycles. The Morgan fingerprint density at radius 2 is 1.80 bits per heavy atom. The Balaban J connectivity index is 1.97. The van der Waals surface area contributed by atoms with E-state index in [2.05, 4.69) is 17.0 Å². The highest BCUT2D eigenvalue weighted by Gasteiger charge is 2.20. The largest absolute Gasteiger partial charge is 0.465 e. The zero-order valence-corrected chi connectivity index (χ0v) is 12.0. The van der Waals surface area contributed by atoms with Gasteiger partial charge in [0.2, 0.25) is 0 Å². The highest BCUT2D eigenvalue weighted by Crippen LogP contribution is 2.23. The molecule has 0 aromatic heterocycles. The van der Waals surface area contributed by atoms with Gasteiger partial charge >= 0.3 is 5.97 Å². The number of hydrogen-bond donors (Lipinski definition) is 1. The molecular weight excluding hydrogens is 254 g/mol. The van der Waals surface area contributed by atoms with Gasteiger partial charge in [-0.3, -0.25) is 4.79 Å². The third-order valence-electron chi connectivity index (χ3n) is 3.84. The van der Waals surface area contributed by atoms with Crippen LogP contribution in [0.2, 0.25) is 0 Å². The summed E-state index contributed by atoms with van der Waals surface area (Å²) in [4.78, 5) is 23.5. The first-order chi connectivity index (χ1) is 9.60. The molecule has 0 spiro atoms. The molecule has 0 bridgehead atoms. The molecule has 1 aliphatic rings. The van der Waals surface area contributed by atoms with Crippen LogP contribution < -0.4 is 5.32 Å². The van der Waals surface area contributed by atoms with Crippen LogP contribution in [0.1, 0.15) is 53.3 Å². The molecule has 1 N–H and O–H groups in total. The number of hydrogen-bond acceptors (Lipinski definition) is 3. The first-order valence-electron chi connectivity index (χ1n) is 7.09. The second-order valence-electron chi connectivity index (χ2n) is 5.51. The molecule has 1 saturated carbocycles. The summed E-state index contributed by atoms with van der Waals surface area (Å²) in [6, 6.07) is 6.82. The predicted octanol–water partition coefficient (Wildman–Crippen LogP) is 2.78. The van der Waals surface area contributed by atoms with Gasteiger partial charge in [0.15, 0.2) is 0 Å². The molecule has 1 amide bonds. The second-order valence-corrected chi connectivity index (χ2v) is 5.51. The van der Waals surface area contributed by atoms with Crippen molar-refractivity contribution in [3.63, 3.8) is 0 Å². The lowest BCUT2D eigenvalue weighted by Gasteiger charge is -2.27. The van der Waals surface area contributed by atoms with Crippen molar-refractivity contribution in [3.05, 3.63) is 35.4 Å². The number of benzene rings is 1. The number of carbonyl (C=O) groups excluding carboxylic acids is 2. The molecule has 1 aliphatic carbocycles. The first-order valence-corrected chi connectivity index (χ1v) is 7.09. The lowest BCUT2D eigenvalue weighted by Crippen LogP contribution is -2.37. The van der Waals surface area contributed by atoms with Crippen molar-refractivity contribution in [1.82, 2.24) is 5.32 Å². The molecule has 20 heavy (non-hydrogen) atoms. The molecule has 1 fully saturated rings. The van der Waals surface area contributed by atoms with E-state index >= 15 is 0 Å². The first kappa shape index (κ1) is 14.6. The van der Waals surface area contributed by atoms with Crippen molar-refractivity contribution in [1.29, 1.82) is 0 Å². The van der Waals surface area contributed by atoms with Gasteiger partial charge < -0.3 is 10.1 Å². The molecule has 108 valence electrons. The normalized spacial score (nSPS) is 22.1. The minimum atomic E-state index is -0.391. The number of rotatable bonds is 3. The van der Waals surface area contributed by atoms with Gasteiger partial charge in [-0.25, -0.2) is 4.79 Å². The molecule has 2 unspecified atom stereocenters. The van der Waals surface area contributed by atoms with Gasteiger partial charge in [0.25, 0.3) is 5.91 Å². The van der Waals surface area contributed by atoms with Crippen molar-refractivity contribution in [2.75, 3.05) is 7.11 Å². The number of carbonyl (C=O) groups is 2. The van der Waals surface area contributed by atoms with Crippen LogP contribution in [0.4, 0.5) is 0 Å². The highest BCUT2D eigenvalue weighted by molar-refractivity contribution is 5.96. The summed E-state index contributed by atoms with van der Waals surface area (Å²) in [5.41, 5.74) is 1.03. The Kier molecular flexibility index (Phi) is 4.77. The quantitative estimate of drug-likeness (QED) is 0.863. The van der Waals surface area contributed by atoms with Crippen molar-refractivity contribution in [2.45, 2.75) is 38.6 Å². The minimum absolute atomic E-state index is 0.0690. The van der Waals surface area contributed by atoms with E-state index < -0.39 is 5.97 Å². The average Bonchev–Trinajstić information content (AvgIpc) is 2.46. The van der Waals surface area contributed by atoms with Crippen LogP contribution in [0, 0.1) is 5.92 Å². The van der Waals surface area contributed by atoms with Crippen LogP contribution in [0.15, 0.2) is 24.3 Å². The van der Waals surface area contributed by atoms with Crippen molar-refractivity contribution < 1.29 is 14.3 Å². The smallest absolute Gasteiger partial charge is 0.337 e. The van der Waals surface area contributed by atoms with Crippen molar-refractivity contribution in [2.24, 2.45) is 5.92 Å². The van der Waals surface area contributed by atoms with E-state index in [-0.39, 0.29) is 11.9 Å². The molecular formula is C16H21NO3. The summed E-state index contributed by atoms with van der Waals surface area (Å²) in [5.74, 6) is 0.217. The predicted molar refractivity (Wildman–Crippen MR) is 76.7 cm³/mol. The highest BCUT2D eigenvalue weighted by atomic mass is 16.5. The van der Waals surface area contributed by atoms with Gasteiger partial charge in [0.1, 0.15) is 0 Å². The van der Waals surface area contributed by atoms with E-state index in [1.165, 1.54) is 20.0 Å². The minimum Gasteiger partial charge on any atom is -0.465 e. The zero-order valence-electron chi connectivity index (χ0n) is 12.0. The van der Waals surface area contributed by atoms with Crippen molar-refractivity contribution in [3.8, 4) is 0 Å². The number of methoxy groups -OCH3 is 1. The Labute approximate surface area is 119 Å². The summed E-state index contributed by atoms with van der Waals surface area (Å²) in [7, 11) is 1.34. The monoisotopic (exact) mass is 275 g/mol. The molecule has 0 radical (unpaired) electrons. The Morgan fingerprint density at radius 3 is 2.40 bits per heavy atom. The van der Waals surface area contributed by atoms with Crippen LogP contribution in [0.5, 0.6) is 0 Å². The lowest BCUT2D eigenvalue weighted by molar-refractivity contribution is 0.0600. The number of ether oxygens (including phenoxy) is 1. The maximum atomic E-state index is 12.1. The van der Waals surface area contributed by atoms with Crippen molar-refractivity contribution >= 4 is 11.9 Å². The molecule has 2 atom stereocenters. The molecule has 2 rings (SSSR count). The van der Waals surface area contributed by atoms with Gasteiger partial charge in [0.05, 0.1) is 12.7 Å². The van der Waals surface area contributed by atoms with Crippen LogP contribution >= 0.6 is 0 Å². The maximum Gasteiger partial charge on any atom is 0.337 e. The summed E-state index contributed by atoms with van der Waals surface area (Å²) in [5, 5.41) is 3.07. The van der Waals surface area contributed by atoms with Gasteiger partial charge in [-0.2, -0.15) is 0 Å². The topological polar surface area (TPSA) is 55.4 Å². The molecule has 4 heteroatoms. The average molecular weight is 275 g/mol. The zero-order chi connectivity index (χ0) is 14.5. The van der Waals surface area contributed by atoms with E-state index in [0.29, 0.717) is 17.0 Å². The summed E-state index contributed by atoms with van der Waals surface area (Å²) in [6.07, 6.45) is 4.52. The van der Waals surface area contributed by atoms with Gasteiger partial charge in [-0.1, -0.05) is 19.8 Å². The third-order valence-corrected chi connectivity index (χ3v) is 3.84. The fourth-order valence-electron chi connectivity index (χ4n) is 2.71. The number of esters is 1. The van der Waals surface area contributed by atoms with E-state index in [1.54, 1.807) is 24.3 Å². The summed E-state index contributed by atoms with van der Waals surface area (Å²) < 4.78 is 4.63. The molecule has 4 nitrogen and oxygen atoms in total. The summed E-state index contributed by atoms with van der Waals surface area (Å²) in [6.45, 7) is 2.23. The molecule has 1 aromatic rings. The van der Waals surface area contributed by atoms with Gasteiger partial charge in [0, 0.05) is 11.6 Å². The van der Waals surface area contributed by atoms with Gasteiger partial charge in [-0.15, -0.1) is 0 Å². The lowest BCUT2D eigenvalue weighted by atomic mass is 9.87. The van der Waals surface area contributed by atoms with E-state index in [9.17, 15) is 9.59 Å². The maximum absolute atomic E-state index is 12.1. The van der Waals surface area contributed by atoms with Crippen LogP contribution in [0.25, 0.3) is 0 Å². The molecule has 0 saturated heterocycles. The number of nitrogens with one attached hydrogen (secondary N) is 1. The molecule has 0 aliphatic heterocycles. The fraction of sp³-hybridized carbons (Fsp3) is 0.500. The fourth-order valence-corrected chi connectivity index (χ4v) is 2.71. The Morgan fingerprint density at radius 1 is 1.15 bits per heavy atom. The third kappa shape index (κ3) is 3.59. The summed E-state index contributed by atoms with van der Waals surface area (Å²) >= 11 is 0.